The highest BCUT2D eigenvalue weighted by Crippen LogP contribution is 2.24. The van der Waals surface area contributed by atoms with Crippen molar-refractivity contribution < 1.29 is 19.1 Å². The molecule has 0 N–H and O–H groups in total. The third kappa shape index (κ3) is 14.2. The second-order valence-electron chi connectivity index (χ2n) is 10.4. The lowest BCUT2D eigenvalue weighted by atomic mass is 9.87. The van der Waals surface area contributed by atoms with Crippen LogP contribution in [0.4, 0.5) is 0 Å². The van der Waals surface area contributed by atoms with Crippen LogP contribution in [0.1, 0.15) is 110 Å². The lowest BCUT2D eigenvalue weighted by Gasteiger charge is -2.19. The van der Waals surface area contributed by atoms with Gasteiger partial charge in [0.25, 0.3) is 0 Å². The molecular formula is C29H48O4S. The summed E-state index contributed by atoms with van der Waals surface area (Å²) in [5.41, 5.74) is 2.93. The Labute approximate surface area is 212 Å². The van der Waals surface area contributed by atoms with Crippen molar-refractivity contribution in [3.63, 3.8) is 0 Å². The fourth-order valence-corrected chi connectivity index (χ4v) is 4.89. The van der Waals surface area contributed by atoms with Gasteiger partial charge in [0.05, 0.1) is 12.5 Å². The second kappa shape index (κ2) is 17.2. The molecular weight excluding hydrogens is 444 g/mol. The van der Waals surface area contributed by atoms with Crippen molar-refractivity contribution >= 4 is 23.5 Å². The Morgan fingerprint density at radius 3 is 2.15 bits per heavy atom. The molecule has 0 heterocycles. The summed E-state index contributed by atoms with van der Waals surface area (Å²) in [5.74, 6) is 1.95. The maximum absolute atomic E-state index is 12.5. The summed E-state index contributed by atoms with van der Waals surface area (Å²) in [4.78, 5) is 24.0. The van der Waals surface area contributed by atoms with Gasteiger partial charge < -0.3 is 9.47 Å². The van der Waals surface area contributed by atoms with Gasteiger partial charge in [0, 0.05) is 19.3 Å². The average molecular weight is 493 g/mol. The number of carbonyl (C=O) groups is 2. The molecule has 0 aromatic heterocycles. The van der Waals surface area contributed by atoms with Crippen molar-refractivity contribution in [1.82, 2.24) is 0 Å². The van der Waals surface area contributed by atoms with E-state index in [1.165, 1.54) is 17.5 Å². The van der Waals surface area contributed by atoms with Crippen LogP contribution in [0.5, 0.6) is 0 Å². The van der Waals surface area contributed by atoms with E-state index in [0.29, 0.717) is 6.42 Å². The molecule has 0 aliphatic carbocycles. The van der Waals surface area contributed by atoms with Crippen LogP contribution in [0.15, 0.2) is 24.3 Å². The van der Waals surface area contributed by atoms with Gasteiger partial charge in [0.15, 0.2) is 0 Å². The van der Waals surface area contributed by atoms with E-state index in [2.05, 4.69) is 52.0 Å². The zero-order valence-electron chi connectivity index (χ0n) is 22.5. The molecule has 0 saturated carbocycles. The summed E-state index contributed by atoms with van der Waals surface area (Å²) in [5, 5.41) is 0. The van der Waals surface area contributed by atoms with E-state index >= 15 is 0 Å². The summed E-state index contributed by atoms with van der Waals surface area (Å²) < 4.78 is 11.2. The first-order valence-electron chi connectivity index (χ1n) is 13.0. The first-order chi connectivity index (χ1) is 16.2. The van der Waals surface area contributed by atoms with E-state index in [0.717, 1.165) is 56.5 Å². The average Bonchev–Trinajstić information content (AvgIpc) is 2.77. The number of carbonyl (C=O) groups excluding carboxylic acids is 2. The lowest BCUT2D eigenvalue weighted by Crippen LogP contribution is -2.25. The number of Topliss-reactive ketones (excluding diaryl/α,β-unsaturated/α-hetero) is 1. The third-order valence-corrected chi connectivity index (χ3v) is 7.19. The molecule has 1 aromatic rings. The molecule has 0 bridgehead atoms. The minimum absolute atomic E-state index is 0.0687. The number of rotatable bonds is 18. The molecule has 0 radical (unpaired) electrons. The van der Waals surface area contributed by atoms with Gasteiger partial charge in [-0.1, -0.05) is 77.6 Å². The first kappa shape index (κ1) is 30.7. The third-order valence-electron chi connectivity index (χ3n) is 6.07. The molecule has 2 atom stereocenters. The highest BCUT2D eigenvalue weighted by atomic mass is 32.2. The topological polar surface area (TPSA) is 52.6 Å². The number of methoxy groups -OCH3 is 1. The Kier molecular flexibility index (Phi) is 15.5. The smallest absolute Gasteiger partial charge is 0.308 e. The SMILES string of the molecule is CCCCCCC(CC(C)=O)OC(=O)CC(CCCCSCc1ccc(C(C)(C)C)cc1)OC. The van der Waals surface area contributed by atoms with Crippen LogP contribution in [-0.2, 0) is 30.2 Å². The van der Waals surface area contributed by atoms with Crippen molar-refractivity contribution in [2.24, 2.45) is 0 Å². The molecule has 5 heteroatoms. The van der Waals surface area contributed by atoms with E-state index in [1.807, 2.05) is 11.8 Å². The second-order valence-corrected chi connectivity index (χ2v) is 11.5. The van der Waals surface area contributed by atoms with Crippen molar-refractivity contribution in [3.05, 3.63) is 35.4 Å². The summed E-state index contributed by atoms with van der Waals surface area (Å²) in [6.07, 6.45) is 8.32. The molecule has 0 fully saturated rings. The molecule has 4 nitrogen and oxygen atoms in total. The number of hydrogen-bond acceptors (Lipinski definition) is 5. The summed E-state index contributed by atoms with van der Waals surface area (Å²) in [7, 11) is 1.66. The molecule has 1 aromatic carbocycles. The largest absolute Gasteiger partial charge is 0.462 e. The fourth-order valence-electron chi connectivity index (χ4n) is 3.91. The van der Waals surface area contributed by atoms with Crippen molar-refractivity contribution in [1.29, 1.82) is 0 Å². The van der Waals surface area contributed by atoms with E-state index in [-0.39, 0.29) is 35.8 Å². The van der Waals surface area contributed by atoms with Gasteiger partial charge in [-0.2, -0.15) is 11.8 Å². The van der Waals surface area contributed by atoms with Gasteiger partial charge in [-0.25, -0.2) is 0 Å². The van der Waals surface area contributed by atoms with Crippen molar-refractivity contribution in [3.8, 4) is 0 Å². The number of unbranched alkanes of at least 4 members (excludes halogenated alkanes) is 4. The van der Waals surface area contributed by atoms with Crippen LogP contribution in [0, 0.1) is 0 Å². The van der Waals surface area contributed by atoms with Crippen LogP contribution in [0.25, 0.3) is 0 Å². The lowest BCUT2D eigenvalue weighted by molar-refractivity contribution is -0.153. The Morgan fingerprint density at radius 2 is 1.56 bits per heavy atom. The fraction of sp³-hybridized carbons (Fsp3) is 0.724. The Balaban J connectivity index is 2.28. The van der Waals surface area contributed by atoms with Crippen LogP contribution < -0.4 is 0 Å². The minimum Gasteiger partial charge on any atom is -0.462 e. The molecule has 194 valence electrons. The molecule has 2 unspecified atom stereocenters. The molecule has 34 heavy (non-hydrogen) atoms. The summed E-state index contributed by atoms with van der Waals surface area (Å²) in [6.45, 7) is 10.4. The minimum atomic E-state index is -0.298. The number of ether oxygens (including phenoxy) is 2. The predicted octanol–water partition coefficient (Wildman–Crippen LogP) is 7.65. The van der Waals surface area contributed by atoms with Crippen molar-refractivity contribution in [2.75, 3.05) is 12.9 Å². The van der Waals surface area contributed by atoms with E-state index in [9.17, 15) is 9.59 Å². The number of hydrogen-bond donors (Lipinski definition) is 0. The maximum atomic E-state index is 12.5. The molecule has 0 aliphatic heterocycles. The van der Waals surface area contributed by atoms with E-state index < -0.39 is 0 Å². The highest BCUT2D eigenvalue weighted by Gasteiger charge is 2.20. The Hall–Kier alpha value is -1.33. The zero-order valence-corrected chi connectivity index (χ0v) is 23.3. The maximum Gasteiger partial charge on any atom is 0.308 e. The van der Waals surface area contributed by atoms with Gasteiger partial charge in [0.1, 0.15) is 11.9 Å². The highest BCUT2D eigenvalue weighted by molar-refractivity contribution is 7.98. The Bertz CT molecular complexity index is 693. The standard InChI is InChI=1S/C29H48O4S/c1-7-8-9-10-14-27(20-23(2)30)33-28(31)21-26(32-6)13-11-12-19-34-22-24-15-17-25(18-16-24)29(3,4)5/h15-18,26-27H,7-14,19-22H2,1-6H3. The normalized spacial score (nSPS) is 13.5. The number of esters is 1. The number of ketones is 1. The van der Waals surface area contributed by atoms with E-state index in [4.69, 9.17) is 9.47 Å². The summed E-state index contributed by atoms with van der Waals surface area (Å²) >= 11 is 1.95. The number of thioether (sulfide) groups is 1. The molecule has 0 saturated heterocycles. The zero-order chi connectivity index (χ0) is 25.4. The first-order valence-corrected chi connectivity index (χ1v) is 14.2. The van der Waals surface area contributed by atoms with Gasteiger partial charge >= 0.3 is 5.97 Å². The van der Waals surface area contributed by atoms with Gasteiger partial charge in [0.2, 0.25) is 0 Å². The monoisotopic (exact) mass is 492 g/mol. The molecule has 0 amide bonds. The number of benzene rings is 1. The molecule has 0 aliphatic rings. The van der Waals surface area contributed by atoms with Crippen LogP contribution in [0.2, 0.25) is 0 Å². The van der Waals surface area contributed by atoms with Crippen LogP contribution in [0.3, 0.4) is 0 Å². The van der Waals surface area contributed by atoms with E-state index in [1.54, 1.807) is 14.0 Å². The molecule has 0 spiro atoms. The van der Waals surface area contributed by atoms with Gasteiger partial charge in [-0.3, -0.25) is 9.59 Å². The quantitative estimate of drug-likeness (QED) is 0.156. The van der Waals surface area contributed by atoms with Crippen LogP contribution in [-0.4, -0.2) is 36.8 Å². The van der Waals surface area contributed by atoms with Crippen molar-refractivity contribution in [2.45, 2.75) is 122 Å². The molecule has 1 rings (SSSR count). The van der Waals surface area contributed by atoms with Gasteiger partial charge in [-0.05, 0) is 54.9 Å². The van der Waals surface area contributed by atoms with Crippen LogP contribution >= 0.6 is 11.8 Å². The Morgan fingerprint density at radius 1 is 0.912 bits per heavy atom. The predicted molar refractivity (Wildman–Crippen MR) is 145 cm³/mol. The van der Waals surface area contributed by atoms with Gasteiger partial charge in [-0.15, -0.1) is 0 Å². The summed E-state index contributed by atoms with van der Waals surface area (Å²) in [6, 6.07) is 8.96.